The zero-order valence-electron chi connectivity index (χ0n) is 11.4. The number of carbonyl (C=O) groups excluding carboxylic acids is 2. The van der Waals surface area contributed by atoms with E-state index >= 15 is 0 Å². The number of nitrogens with zero attached hydrogens (tertiary/aromatic N) is 1. The molecule has 1 spiro atoms. The van der Waals surface area contributed by atoms with E-state index in [9.17, 15) is 9.59 Å². The van der Waals surface area contributed by atoms with E-state index in [2.05, 4.69) is 11.4 Å². The lowest BCUT2D eigenvalue weighted by Crippen LogP contribution is -2.65. The van der Waals surface area contributed by atoms with Crippen molar-refractivity contribution in [3.05, 3.63) is 11.6 Å². The molecule has 2 amide bonds. The predicted octanol–water partition coefficient (Wildman–Crippen LogP) is 1.76. The van der Waals surface area contributed by atoms with Gasteiger partial charge in [-0.3, -0.25) is 9.59 Å². The van der Waals surface area contributed by atoms with Crippen molar-refractivity contribution in [3.63, 3.8) is 0 Å². The molecule has 3 rings (SSSR count). The molecular formula is C15H22N2O2. The number of nitrogens with one attached hydrogen (secondary N) is 1. The fourth-order valence-electron chi connectivity index (χ4n) is 3.79. The molecule has 0 aromatic rings. The number of rotatable bonds is 2. The highest BCUT2D eigenvalue weighted by molar-refractivity contribution is 5.93. The van der Waals surface area contributed by atoms with Crippen molar-refractivity contribution in [1.29, 1.82) is 0 Å². The Kier molecular flexibility index (Phi) is 3.33. The molecule has 19 heavy (non-hydrogen) atoms. The molecule has 0 atom stereocenters. The molecule has 1 heterocycles. The molecule has 0 bridgehead atoms. The molecule has 0 aromatic heterocycles. The van der Waals surface area contributed by atoms with Gasteiger partial charge in [-0.15, -0.1) is 0 Å². The van der Waals surface area contributed by atoms with E-state index in [0.29, 0.717) is 19.5 Å². The van der Waals surface area contributed by atoms with Crippen LogP contribution in [0, 0.1) is 0 Å². The fourth-order valence-corrected chi connectivity index (χ4v) is 3.79. The van der Waals surface area contributed by atoms with Crippen LogP contribution in [0.1, 0.15) is 51.4 Å². The van der Waals surface area contributed by atoms with Gasteiger partial charge in [-0.05, 0) is 32.1 Å². The van der Waals surface area contributed by atoms with Crippen molar-refractivity contribution in [2.24, 2.45) is 0 Å². The van der Waals surface area contributed by atoms with Crippen LogP contribution in [0.5, 0.6) is 0 Å². The number of carbonyl (C=O) groups is 2. The van der Waals surface area contributed by atoms with Crippen LogP contribution < -0.4 is 5.32 Å². The number of amides is 2. The Morgan fingerprint density at radius 2 is 2.11 bits per heavy atom. The third-order valence-electron chi connectivity index (χ3n) is 4.81. The van der Waals surface area contributed by atoms with Crippen LogP contribution in [0.15, 0.2) is 11.6 Å². The molecule has 1 saturated heterocycles. The highest BCUT2D eigenvalue weighted by Crippen LogP contribution is 2.37. The zero-order chi connectivity index (χ0) is 13.3. The number of allylic oxidation sites excluding steroid dienone is 1. The molecule has 0 radical (unpaired) electrons. The van der Waals surface area contributed by atoms with E-state index in [-0.39, 0.29) is 11.8 Å². The maximum atomic E-state index is 12.6. The van der Waals surface area contributed by atoms with Gasteiger partial charge in [0.05, 0.1) is 0 Å². The van der Waals surface area contributed by atoms with Crippen molar-refractivity contribution in [1.82, 2.24) is 10.2 Å². The Labute approximate surface area is 114 Å². The van der Waals surface area contributed by atoms with Gasteiger partial charge in [0, 0.05) is 19.5 Å². The van der Waals surface area contributed by atoms with Gasteiger partial charge in [0.1, 0.15) is 5.54 Å². The van der Waals surface area contributed by atoms with Crippen molar-refractivity contribution in [3.8, 4) is 0 Å². The summed E-state index contributed by atoms with van der Waals surface area (Å²) < 4.78 is 0. The highest BCUT2D eigenvalue weighted by atomic mass is 16.2. The summed E-state index contributed by atoms with van der Waals surface area (Å²) in [5.74, 6) is 0.231. The van der Waals surface area contributed by atoms with Gasteiger partial charge in [0.25, 0.3) is 0 Å². The van der Waals surface area contributed by atoms with Gasteiger partial charge in [-0.1, -0.05) is 24.5 Å². The van der Waals surface area contributed by atoms with Crippen LogP contribution in [0.3, 0.4) is 0 Å². The van der Waals surface area contributed by atoms with Crippen LogP contribution >= 0.6 is 0 Å². The number of piperazine rings is 1. The van der Waals surface area contributed by atoms with Crippen molar-refractivity contribution < 1.29 is 9.59 Å². The van der Waals surface area contributed by atoms with Crippen LogP contribution in [-0.4, -0.2) is 35.3 Å². The molecule has 4 nitrogen and oxygen atoms in total. The molecule has 1 N–H and O–H groups in total. The van der Waals surface area contributed by atoms with E-state index in [4.69, 9.17) is 0 Å². The summed E-state index contributed by atoms with van der Waals surface area (Å²) in [6, 6.07) is 0. The Bertz CT molecular complexity index is 422. The minimum atomic E-state index is -0.519. The smallest absolute Gasteiger partial charge is 0.246 e. The Morgan fingerprint density at radius 1 is 1.32 bits per heavy atom. The Morgan fingerprint density at radius 3 is 2.79 bits per heavy atom. The zero-order valence-corrected chi connectivity index (χ0v) is 11.4. The molecule has 0 unspecified atom stereocenters. The second-order valence-electron chi connectivity index (χ2n) is 5.97. The van der Waals surface area contributed by atoms with E-state index in [1.165, 1.54) is 12.0 Å². The van der Waals surface area contributed by atoms with Crippen LogP contribution in [0.25, 0.3) is 0 Å². The summed E-state index contributed by atoms with van der Waals surface area (Å²) in [6.07, 6.45) is 9.84. The lowest BCUT2D eigenvalue weighted by Gasteiger charge is -2.43. The van der Waals surface area contributed by atoms with E-state index in [1.54, 1.807) is 0 Å². The number of hydrogen-bond donors (Lipinski definition) is 1. The quantitative estimate of drug-likeness (QED) is 0.771. The molecule has 0 aromatic carbocycles. The number of hydrogen-bond acceptors (Lipinski definition) is 2. The van der Waals surface area contributed by atoms with Crippen molar-refractivity contribution >= 4 is 11.8 Å². The van der Waals surface area contributed by atoms with E-state index in [0.717, 1.165) is 38.5 Å². The second-order valence-corrected chi connectivity index (χ2v) is 5.97. The summed E-state index contributed by atoms with van der Waals surface area (Å²) in [6.45, 7) is 1.28. The third kappa shape index (κ3) is 2.17. The molecule has 104 valence electrons. The molecule has 1 saturated carbocycles. The molecule has 2 aliphatic carbocycles. The maximum absolute atomic E-state index is 12.6. The minimum Gasteiger partial charge on any atom is -0.352 e. The largest absolute Gasteiger partial charge is 0.352 e. The fraction of sp³-hybridized carbons (Fsp3) is 0.733. The highest BCUT2D eigenvalue weighted by Gasteiger charge is 2.49. The van der Waals surface area contributed by atoms with Crippen LogP contribution in [0.4, 0.5) is 0 Å². The molecule has 1 aliphatic heterocycles. The van der Waals surface area contributed by atoms with E-state index in [1.807, 2.05) is 4.90 Å². The minimum absolute atomic E-state index is 0.0741. The maximum Gasteiger partial charge on any atom is 0.246 e. The first-order valence-corrected chi connectivity index (χ1v) is 7.49. The summed E-state index contributed by atoms with van der Waals surface area (Å²) in [4.78, 5) is 26.7. The van der Waals surface area contributed by atoms with Gasteiger partial charge in [-0.25, -0.2) is 0 Å². The van der Waals surface area contributed by atoms with Gasteiger partial charge in [-0.2, -0.15) is 0 Å². The van der Waals surface area contributed by atoms with E-state index < -0.39 is 5.54 Å². The average Bonchev–Trinajstić information content (AvgIpc) is 3.05. The van der Waals surface area contributed by atoms with Crippen molar-refractivity contribution in [2.75, 3.05) is 13.1 Å². The Balaban J connectivity index is 1.76. The van der Waals surface area contributed by atoms with Crippen LogP contribution in [-0.2, 0) is 9.59 Å². The summed E-state index contributed by atoms with van der Waals surface area (Å²) in [7, 11) is 0. The average molecular weight is 262 g/mol. The third-order valence-corrected chi connectivity index (χ3v) is 4.81. The lowest BCUT2D eigenvalue weighted by atomic mass is 9.91. The summed E-state index contributed by atoms with van der Waals surface area (Å²) in [5, 5.41) is 2.95. The molecule has 3 aliphatic rings. The van der Waals surface area contributed by atoms with Gasteiger partial charge >= 0.3 is 0 Å². The lowest BCUT2D eigenvalue weighted by molar-refractivity contribution is -0.150. The normalized spacial score (nSPS) is 25.6. The monoisotopic (exact) mass is 262 g/mol. The summed E-state index contributed by atoms with van der Waals surface area (Å²) >= 11 is 0. The van der Waals surface area contributed by atoms with Crippen molar-refractivity contribution in [2.45, 2.75) is 56.9 Å². The second kappa shape index (κ2) is 4.99. The first kappa shape index (κ1) is 12.7. The van der Waals surface area contributed by atoms with Gasteiger partial charge in [0.15, 0.2) is 0 Å². The first-order chi connectivity index (χ1) is 9.22. The Hall–Kier alpha value is -1.32. The molecular weight excluding hydrogens is 240 g/mol. The van der Waals surface area contributed by atoms with Gasteiger partial charge < -0.3 is 10.2 Å². The standard InChI is InChI=1S/C15H22N2O2/c18-13(11-12-5-1-2-6-12)17-10-9-16-14(19)15(17)7-3-4-8-15/h5H,1-4,6-11H2,(H,16,19). The SMILES string of the molecule is O=C(CC1=CCCC1)N1CCNC(=O)C12CCCC2. The molecule has 2 fully saturated rings. The summed E-state index contributed by atoms with van der Waals surface area (Å²) in [5.41, 5.74) is 0.748. The predicted molar refractivity (Wildman–Crippen MR) is 72.5 cm³/mol. The molecule has 4 heteroatoms. The van der Waals surface area contributed by atoms with Crippen LogP contribution in [0.2, 0.25) is 0 Å². The topological polar surface area (TPSA) is 49.4 Å². The first-order valence-electron chi connectivity index (χ1n) is 7.49. The van der Waals surface area contributed by atoms with Gasteiger partial charge in [0.2, 0.25) is 11.8 Å².